The van der Waals surface area contributed by atoms with Crippen molar-refractivity contribution in [1.29, 1.82) is 0 Å². The highest BCUT2D eigenvalue weighted by atomic mass is 16.6. The Labute approximate surface area is 257 Å². The van der Waals surface area contributed by atoms with E-state index in [0.717, 1.165) is 29.2 Å². The fraction of sp³-hybridized carbons (Fsp3) is 0.324. The quantitative estimate of drug-likeness (QED) is 0.151. The highest BCUT2D eigenvalue weighted by Gasteiger charge is 2.28. The number of alkyl carbamates (subject to hydrolysis) is 1. The number of carbonyl (C=O) groups is 2. The van der Waals surface area contributed by atoms with Gasteiger partial charge in [0.1, 0.15) is 11.9 Å². The average Bonchev–Trinajstić information content (AvgIpc) is 3.68. The van der Waals surface area contributed by atoms with E-state index in [4.69, 9.17) is 13.9 Å². The first kappa shape index (κ1) is 30.6. The molecule has 10 nitrogen and oxygen atoms in total. The smallest absolute Gasteiger partial charge is 0.408 e. The summed E-state index contributed by atoms with van der Waals surface area (Å²) in [5.41, 5.74) is 3.62. The Kier molecular flexibility index (Phi) is 10.1. The third-order valence-corrected chi connectivity index (χ3v) is 7.52. The average molecular weight is 598 g/mol. The van der Waals surface area contributed by atoms with Gasteiger partial charge >= 0.3 is 12.1 Å². The standard InChI is InChI=1S/C34H39N5O5/c1-23(2)39(20-24-12-13-24)21-32(26-9-5-4-6-10-26)44-34(41)36-18-25-8-7-11-27(16-25)37-33(40)38-28-14-15-29(30(17-28)42-3)31-19-35-22-43-31/h4-11,14-17,19,22-24,32H,12-13,18,20-21H2,1-3H3,(H,36,41)(H2,37,38,40)/t32-/m0/s1. The monoisotopic (exact) mass is 597 g/mol. The van der Waals surface area contributed by atoms with E-state index in [9.17, 15) is 9.59 Å². The SMILES string of the molecule is COc1cc(NC(=O)Nc2cccc(CNC(=O)O[C@@H](CN(CC3CC3)C(C)C)c3ccccc3)c2)ccc1-c1cnco1. The van der Waals surface area contributed by atoms with Crippen LogP contribution < -0.4 is 20.7 Å². The molecule has 1 aliphatic carbocycles. The summed E-state index contributed by atoms with van der Waals surface area (Å²) in [6, 6.07) is 22.3. The minimum absolute atomic E-state index is 0.244. The lowest BCUT2D eigenvalue weighted by atomic mass is 10.1. The van der Waals surface area contributed by atoms with Crippen LogP contribution in [0.15, 0.2) is 89.8 Å². The lowest BCUT2D eigenvalue weighted by Gasteiger charge is -2.30. The van der Waals surface area contributed by atoms with Crippen LogP contribution in [0.2, 0.25) is 0 Å². The molecule has 4 aromatic rings. The number of nitrogens with one attached hydrogen (secondary N) is 3. The van der Waals surface area contributed by atoms with Crippen LogP contribution in [0.1, 0.15) is 43.9 Å². The Morgan fingerprint density at radius 3 is 2.45 bits per heavy atom. The predicted octanol–water partition coefficient (Wildman–Crippen LogP) is 7.08. The van der Waals surface area contributed by atoms with Crippen molar-refractivity contribution in [1.82, 2.24) is 15.2 Å². The van der Waals surface area contributed by atoms with Gasteiger partial charge in [-0.2, -0.15) is 0 Å². The van der Waals surface area contributed by atoms with Crippen LogP contribution >= 0.6 is 0 Å². The van der Waals surface area contributed by atoms with Crippen molar-refractivity contribution < 1.29 is 23.5 Å². The molecule has 0 spiro atoms. The normalized spacial score (nSPS) is 13.4. The van der Waals surface area contributed by atoms with Gasteiger partial charge in [0, 0.05) is 43.1 Å². The van der Waals surface area contributed by atoms with Crippen molar-refractivity contribution in [3.63, 3.8) is 0 Å². The second-order valence-corrected chi connectivity index (χ2v) is 11.2. The van der Waals surface area contributed by atoms with E-state index in [-0.39, 0.29) is 6.54 Å². The second-order valence-electron chi connectivity index (χ2n) is 11.2. The van der Waals surface area contributed by atoms with Crippen LogP contribution in [0.3, 0.4) is 0 Å². The highest BCUT2D eigenvalue weighted by Crippen LogP contribution is 2.33. The maximum atomic E-state index is 13.0. The molecule has 44 heavy (non-hydrogen) atoms. The van der Waals surface area contributed by atoms with Crippen LogP contribution in [-0.2, 0) is 11.3 Å². The van der Waals surface area contributed by atoms with Gasteiger partial charge in [0.25, 0.3) is 0 Å². The number of anilines is 2. The summed E-state index contributed by atoms with van der Waals surface area (Å²) < 4.78 is 16.8. The van der Waals surface area contributed by atoms with Crippen molar-refractivity contribution in [3.8, 4) is 17.1 Å². The molecule has 1 heterocycles. The van der Waals surface area contributed by atoms with Crippen molar-refractivity contribution in [3.05, 3.63) is 96.5 Å². The van der Waals surface area contributed by atoms with Crippen LogP contribution in [0.25, 0.3) is 11.3 Å². The Morgan fingerprint density at radius 2 is 1.77 bits per heavy atom. The molecule has 3 N–H and O–H groups in total. The molecule has 3 amide bonds. The van der Waals surface area contributed by atoms with E-state index < -0.39 is 18.2 Å². The first-order valence-electron chi connectivity index (χ1n) is 14.8. The molecule has 0 bridgehead atoms. The number of amides is 3. The molecule has 1 fully saturated rings. The van der Waals surface area contributed by atoms with Gasteiger partial charge in [-0.3, -0.25) is 4.90 Å². The maximum absolute atomic E-state index is 13.0. The fourth-order valence-corrected chi connectivity index (χ4v) is 4.94. The Bertz CT molecular complexity index is 1520. The van der Waals surface area contributed by atoms with Gasteiger partial charge in [0.15, 0.2) is 12.2 Å². The maximum Gasteiger partial charge on any atom is 0.408 e. The summed E-state index contributed by atoms with van der Waals surface area (Å²) in [4.78, 5) is 32.0. The zero-order chi connectivity index (χ0) is 30.9. The third-order valence-electron chi connectivity index (χ3n) is 7.52. The van der Waals surface area contributed by atoms with Crippen molar-refractivity contribution in [2.75, 3.05) is 30.8 Å². The molecule has 3 aromatic carbocycles. The van der Waals surface area contributed by atoms with E-state index in [0.29, 0.717) is 35.5 Å². The number of ether oxygens (including phenoxy) is 2. The molecule has 0 radical (unpaired) electrons. The van der Waals surface area contributed by atoms with Crippen LogP contribution in [0, 0.1) is 5.92 Å². The summed E-state index contributed by atoms with van der Waals surface area (Å²) in [7, 11) is 1.55. The van der Waals surface area contributed by atoms with E-state index in [1.54, 1.807) is 43.6 Å². The Morgan fingerprint density at radius 1 is 1.00 bits per heavy atom. The van der Waals surface area contributed by atoms with Crippen LogP contribution in [0.5, 0.6) is 5.75 Å². The first-order valence-corrected chi connectivity index (χ1v) is 14.8. The van der Waals surface area contributed by atoms with Crippen molar-refractivity contribution >= 4 is 23.5 Å². The van der Waals surface area contributed by atoms with E-state index in [1.807, 2.05) is 42.5 Å². The zero-order valence-corrected chi connectivity index (χ0v) is 25.3. The Balaban J connectivity index is 1.16. The van der Waals surface area contributed by atoms with Crippen molar-refractivity contribution in [2.24, 2.45) is 5.92 Å². The molecule has 5 rings (SSSR count). The molecular formula is C34H39N5O5. The number of aromatic nitrogens is 1. The molecule has 1 aromatic heterocycles. The predicted molar refractivity (Wildman–Crippen MR) is 170 cm³/mol. The molecule has 1 atom stereocenters. The summed E-state index contributed by atoms with van der Waals surface area (Å²) in [5, 5.41) is 8.52. The van der Waals surface area contributed by atoms with Crippen LogP contribution in [0.4, 0.5) is 21.0 Å². The number of oxazole rings is 1. The topological polar surface area (TPSA) is 118 Å². The summed E-state index contributed by atoms with van der Waals surface area (Å²) in [6.07, 6.45) is 4.59. The number of hydrogen-bond donors (Lipinski definition) is 3. The fourth-order valence-electron chi connectivity index (χ4n) is 4.94. The summed E-state index contributed by atoms with van der Waals surface area (Å²) >= 11 is 0. The molecule has 1 saturated carbocycles. The van der Waals surface area contributed by atoms with Gasteiger partial charge in [-0.05, 0) is 68.0 Å². The molecule has 0 unspecified atom stereocenters. The largest absolute Gasteiger partial charge is 0.496 e. The number of hydrogen-bond acceptors (Lipinski definition) is 7. The van der Waals surface area contributed by atoms with Gasteiger partial charge < -0.3 is 29.8 Å². The van der Waals surface area contributed by atoms with Crippen LogP contribution in [-0.4, -0.2) is 48.2 Å². The number of nitrogens with zero attached hydrogens (tertiary/aromatic N) is 2. The van der Waals surface area contributed by atoms with E-state index in [2.05, 4.69) is 39.7 Å². The number of urea groups is 1. The first-order chi connectivity index (χ1) is 21.4. The molecule has 0 aliphatic heterocycles. The number of benzene rings is 3. The third kappa shape index (κ3) is 8.61. The molecule has 0 saturated heterocycles. The number of methoxy groups -OCH3 is 1. The summed E-state index contributed by atoms with van der Waals surface area (Å²) in [6.45, 7) is 6.25. The molecule has 230 valence electrons. The lowest BCUT2D eigenvalue weighted by Crippen LogP contribution is -2.38. The number of carbonyl (C=O) groups excluding carboxylic acids is 2. The highest BCUT2D eigenvalue weighted by molar-refractivity contribution is 6.00. The second kappa shape index (κ2) is 14.6. The number of rotatable bonds is 13. The zero-order valence-electron chi connectivity index (χ0n) is 25.3. The van der Waals surface area contributed by atoms with E-state index in [1.165, 1.54) is 19.2 Å². The van der Waals surface area contributed by atoms with Crippen molar-refractivity contribution in [2.45, 2.75) is 45.4 Å². The van der Waals surface area contributed by atoms with E-state index >= 15 is 0 Å². The molecular weight excluding hydrogens is 558 g/mol. The molecule has 1 aliphatic rings. The van der Waals surface area contributed by atoms with Gasteiger partial charge in [-0.15, -0.1) is 0 Å². The Hall–Kier alpha value is -4.83. The lowest BCUT2D eigenvalue weighted by molar-refractivity contribution is 0.0584. The van der Waals surface area contributed by atoms with Gasteiger partial charge in [-0.25, -0.2) is 14.6 Å². The molecule has 10 heteroatoms. The minimum Gasteiger partial charge on any atom is -0.496 e. The minimum atomic E-state index is -0.493. The van der Waals surface area contributed by atoms with Gasteiger partial charge in [0.2, 0.25) is 0 Å². The van der Waals surface area contributed by atoms with Gasteiger partial charge in [-0.1, -0.05) is 42.5 Å². The van der Waals surface area contributed by atoms with Gasteiger partial charge in [0.05, 0.1) is 18.9 Å². The summed E-state index contributed by atoms with van der Waals surface area (Å²) in [5.74, 6) is 1.83.